The van der Waals surface area contributed by atoms with Gasteiger partial charge in [0.1, 0.15) is 17.4 Å². The smallest absolute Gasteiger partial charge is 0.232 e. The molecule has 0 amide bonds. The quantitative estimate of drug-likeness (QED) is 0.545. The van der Waals surface area contributed by atoms with Gasteiger partial charge in [0.15, 0.2) is 0 Å². The Morgan fingerprint density at radius 1 is 1.16 bits per heavy atom. The van der Waals surface area contributed by atoms with Crippen molar-refractivity contribution in [3.8, 4) is 34.3 Å². The molecule has 0 unspecified atom stereocenters. The van der Waals surface area contributed by atoms with Gasteiger partial charge in [-0.25, -0.2) is 9.37 Å². The van der Waals surface area contributed by atoms with Gasteiger partial charge in [0.2, 0.25) is 5.88 Å². The number of aromatic nitrogens is 1. The average Bonchev–Trinajstić information content (AvgIpc) is 3.00. The van der Waals surface area contributed by atoms with Crippen LogP contribution < -0.4 is 4.74 Å². The Kier molecular flexibility index (Phi) is 3.70. The van der Waals surface area contributed by atoms with E-state index in [1.165, 1.54) is 17.7 Å². The molecular weight excluding hydrogens is 315 g/mol. The first-order chi connectivity index (χ1) is 12.2. The summed E-state index contributed by atoms with van der Waals surface area (Å²) in [6, 6.07) is 16.5. The van der Waals surface area contributed by atoms with Crippen molar-refractivity contribution in [2.75, 3.05) is 6.61 Å². The van der Waals surface area contributed by atoms with E-state index in [0.717, 1.165) is 27.9 Å². The number of benzene rings is 2. The molecule has 1 heterocycles. The van der Waals surface area contributed by atoms with Crippen molar-refractivity contribution in [3.63, 3.8) is 0 Å². The van der Waals surface area contributed by atoms with Gasteiger partial charge in [-0.05, 0) is 35.7 Å². The van der Waals surface area contributed by atoms with Crippen LogP contribution in [0.1, 0.15) is 23.6 Å². The van der Waals surface area contributed by atoms with Crippen LogP contribution in [-0.4, -0.2) is 11.6 Å². The van der Waals surface area contributed by atoms with E-state index in [-0.39, 0.29) is 5.82 Å². The van der Waals surface area contributed by atoms with E-state index in [2.05, 4.69) is 17.1 Å². The Balaban J connectivity index is 2.04. The van der Waals surface area contributed by atoms with Crippen LogP contribution in [0.3, 0.4) is 0 Å². The third-order valence-electron chi connectivity index (χ3n) is 4.43. The second kappa shape index (κ2) is 6.03. The lowest BCUT2D eigenvalue weighted by molar-refractivity contribution is 0.326. The summed E-state index contributed by atoms with van der Waals surface area (Å²) in [7, 11) is 0. The molecule has 0 radical (unpaired) electrons. The lowest BCUT2D eigenvalue weighted by Crippen LogP contribution is -2.03. The third kappa shape index (κ3) is 2.45. The SMILES string of the molecule is CCOc1nc2c(c(-c3ccc(F)cc3)c1C#N)Cc1ccccc1-2. The Morgan fingerprint density at radius 3 is 2.64 bits per heavy atom. The van der Waals surface area contributed by atoms with E-state index >= 15 is 0 Å². The molecule has 4 rings (SSSR count). The summed E-state index contributed by atoms with van der Waals surface area (Å²) in [6.07, 6.45) is 0.701. The fraction of sp³-hybridized carbons (Fsp3) is 0.143. The fourth-order valence-corrected chi connectivity index (χ4v) is 3.37. The molecule has 0 saturated heterocycles. The lowest BCUT2D eigenvalue weighted by Gasteiger charge is -2.14. The van der Waals surface area contributed by atoms with Crippen LogP contribution >= 0.6 is 0 Å². The van der Waals surface area contributed by atoms with Crippen molar-refractivity contribution < 1.29 is 9.13 Å². The number of fused-ring (bicyclic) bond motifs is 3. The summed E-state index contributed by atoms with van der Waals surface area (Å²) >= 11 is 0. The maximum Gasteiger partial charge on any atom is 0.232 e. The van der Waals surface area contributed by atoms with Crippen molar-refractivity contribution >= 4 is 0 Å². The van der Waals surface area contributed by atoms with Crippen LogP contribution in [-0.2, 0) is 6.42 Å². The molecule has 1 aromatic heterocycles. The van der Waals surface area contributed by atoms with Gasteiger partial charge in [0.25, 0.3) is 0 Å². The maximum absolute atomic E-state index is 13.4. The van der Waals surface area contributed by atoms with Crippen LogP contribution in [0.2, 0.25) is 0 Å². The van der Waals surface area contributed by atoms with Gasteiger partial charge in [0.05, 0.1) is 12.3 Å². The predicted octanol–water partition coefficient (Wildman–Crippen LogP) is 4.73. The van der Waals surface area contributed by atoms with Gasteiger partial charge < -0.3 is 4.74 Å². The molecule has 0 fully saturated rings. The number of ether oxygens (including phenoxy) is 1. The number of nitriles is 1. The lowest BCUT2D eigenvalue weighted by atomic mass is 9.94. The van der Waals surface area contributed by atoms with Gasteiger partial charge in [0, 0.05) is 17.5 Å². The molecule has 3 aromatic rings. The highest BCUT2D eigenvalue weighted by molar-refractivity contribution is 5.86. The highest BCUT2D eigenvalue weighted by Gasteiger charge is 2.28. The van der Waals surface area contributed by atoms with Gasteiger partial charge in [-0.1, -0.05) is 36.4 Å². The first kappa shape index (κ1) is 15.3. The molecule has 3 nitrogen and oxygen atoms in total. The molecule has 0 saturated carbocycles. The number of pyridine rings is 1. The second-order valence-corrected chi connectivity index (χ2v) is 5.88. The van der Waals surface area contributed by atoms with Crippen molar-refractivity contribution in [3.05, 3.63) is 71.0 Å². The third-order valence-corrected chi connectivity index (χ3v) is 4.43. The zero-order valence-electron chi connectivity index (χ0n) is 13.7. The molecule has 25 heavy (non-hydrogen) atoms. The summed E-state index contributed by atoms with van der Waals surface area (Å²) in [6.45, 7) is 2.28. The molecule has 0 spiro atoms. The zero-order chi connectivity index (χ0) is 17.4. The molecule has 0 N–H and O–H groups in total. The van der Waals surface area contributed by atoms with Gasteiger partial charge in [-0.2, -0.15) is 5.26 Å². The summed E-state index contributed by atoms with van der Waals surface area (Å²) in [5.41, 5.74) is 6.06. The Hall–Kier alpha value is -3.19. The molecule has 1 aliphatic rings. The predicted molar refractivity (Wildman–Crippen MR) is 93.8 cm³/mol. The molecular formula is C21H15FN2O. The van der Waals surface area contributed by atoms with Gasteiger partial charge in [-0.3, -0.25) is 0 Å². The van der Waals surface area contributed by atoms with E-state index in [1.807, 2.05) is 25.1 Å². The number of hydrogen-bond acceptors (Lipinski definition) is 3. The molecule has 0 aliphatic heterocycles. The van der Waals surface area contributed by atoms with E-state index < -0.39 is 0 Å². The fourth-order valence-electron chi connectivity index (χ4n) is 3.37. The zero-order valence-corrected chi connectivity index (χ0v) is 13.7. The van der Waals surface area contributed by atoms with Crippen LogP contribution in [0.25, 0.3) is 22.4 Å². The number of rotatable bonds is 3. The largest absolute Gasteiger partial charge is 0.477 e. The number of halogens is 1. The summed E-state index contributed by atoms with van der Waals surface area (Å²) in [4.78, 5) is 4.64. The first-order valence-corrected chi connectivity index (χ1v) is 8.17. The molecule has 0 bridgehead atoms. The molecule has 1 aliphatic carbocycles. The normalized spacial score (nSPS) is 11.6. The second-order valence-electron chi connectivity index (χ2n) is 5.88. The highest BCUT2D eigenvalue weighted by Crippen LogP contribution is 2.44. The topological polar surface area (TPSA) is 45.9 Å². The Labute approximate surface area is 145 Å². The minimum atomic E-state index is -0.304. The standard InChI is InChI=1S/C21H15FN2O/c1-2-25-21-18(12-23)19(13-7-9-15(22)10-8-13)17-11-14-5-3-4-6-16(14)20(17)24-21/h3-10H,2,11H2,1H3. The summed E-state index contributed by atoms with van der Waals surface area (Å²) in [5.74, 6) is 0.0288. The van der Waals surface area contributed by atoms with E-state index in [4.69, 9.17) is 4.74 Å². The van der Waals surface area contributed by atoms with Crippen LogP contribution in [0.15, 0.2) is 48.5 Å². The van der Waals surface area contributed by atoms with E-state index in [1.54, 1.807) is 12.1 Å². The van der Waals surface area contributed by atoms with E-state index in [9.17, 15) is 9.65 Å². The Morgan fingerprint density at radius 2 is 1.92 bits per heavy atom. The highest BCUT2D eigenvalue weighted by atomic mass is 19.1. The molecule has 2 aromatic carbocycles. The molecule has 122 valence electrons. The van der Waals surface area contributed by atoms with Crippen molar-refractivity contribution in [2.24, 2.45) is 0 Å². The first-order valence-electron chi connectivity index (χ1n) is 8.17. The summed E-state index contributed by atoms with van der Waals surface area (Å²) in [5, 5.41) is 9.75. The maximum atomic E-state index is 13.4. The van der Waals surface area contributed by atoms with E-state index in [0.29, 0.717) is 24.5 Å². The van der Waals surface area contributed by atoms with Gasteiger partial charge >= 0.3 is 0 Å². The minimum absolute atomic E-state index is 0.304. The monoisotopic (exact) mass is 330 g/mol. The van der Waals surface area contributed by atoms with Gasteiger partial charge in [-0.15, -0.1) is 0 Å². The summed E-state index contributed by atoms with van der Waals surface area (Å²) < 4.78 is 19.0. The van der Waals surface area contributed by atoms with Crippen molar-refractivity contribution in [1.29, 1.82) is 5.26 Å². The molecule has 0 atom stereocenters. The minimum Gasteiger partial charge on any atom is -0.477 e. The Bertz CT molecular complexity index is 1000. The van der Waals surface area contributed by atoms with Crippen LogP contribution in [0.5, 0.6) is 5.88 Å². The number of hydrogen-bond donors (Lipinski definition) is 0. The van der Waals surface area contributed by atoms with Crippen molar-refractivity contribution in [2.45, 2.75) is 13.3 Å². The van der Waals surface area contributed by atoms with Crippen LogP contribution in [0.4, 0.5) is 4.39 Å². The average molecular weight is 330 g/mol. The van der Waals surface area contributed by atoms with Crippen molar-refractivity contribution in [1.82, 2.24) is 4.98 Å². The molecule has 4 heteroatoms. The number of nitrogens with zero attached hydrogens (tertiary/aromatic N) is 2. The van der Waals surface area contributed by atoms with Crippen LogP contribution in [0, 0.1) is 17.1 Å².